The van der Waals surface area contributed by atoms with Crippen molar-refractivity contribution in [2.45, 2.75) is 12.8 Å². The Morgan fingerprint density at radius 1 is 1.19 bits per heavy atom. The number of pyridine rings is 1. The van der Waals surface area contributed by atoms with Gasteiger partial charge in [-0.25, -0.2) is 4.98 Å². The lowest BCUT2D eigenvalue weighted by atomic mass is 10.0. The first-order chi connectivity index (χ1) is 12.7. The van der Waals surface area contributed by atoms with E-state index in [9.17, 15) is 9.59 Å². The number of aryl methyl sites for hydroxylation is 1. The van der Waals surface area contributed by atoms with Crippen molar-refractivity contribution < 1.29 is 14.3 Å². The summed E-state index contributed by atoms with van der Waals surface area (Å²) in [6.45, 7) is 2.68. The molecule has 1 saturated heterocycles. The summed E-state index contributed by atoms with van der Waals surface area (Å²) in [5.41, 5.74) is 3.01. The van der Waals surface area contributed by atoms with Gasteiger partial charge in [-0.05, 0) is 36.2 Å². The van der Waals surface area contributed by atoms with Crippen LogP contribution in [0.1, 0.15) is 22.3 Å². The summed E-state index contributed by atoms with van der Waals surface area (Å²) in [5.74, 6) is 0.448. The molecule has 0 aliphatic carbocycles. The summed E-state index contributed by atoms with van der Waals surface area (Å²) in [5, 5.41) is 5.77. The van der Waals surface area contributed by atoms with Crippen LogP contribution < -0.4 is 15.5 Å². The Balaban J connectivity index is 1.55. The number of aromatic nitrogens is 1. The number of nitrogens with one attached hydrogen (secondary N) is 2. The molecule has 7 heteroatoms. The lowest BCUT2D eigenvalue weighted by Crippen LogP contribution is -2.38. The molecule has 0 radical (unpaired) electrons. The van der Waals surface area contributed by atoms with Crippen molar-refractivity contribution in [3.05, 3.63) is 47.7 Å². The fourth-order valence-electron chi connectivity index (χ4n) is 3.25. The van der Waals surface area contributed by atoms with E-state index in [1.54, 1.807) is 24.4 Å². The van der Waals surface area contributed by atoms with Crippen molar-refractivity contribution in [1.82, 2.24) is 4.98 Å². The van der Waals surface area contributed by atoms with Crippen LogP contribution in [-0.2, 0) is 16.0 Å². The van der Waals surface area contributed by atoms with Crippen molar-refractivity contribution in [2.24, 2.45) is 0 Å². The van der Waals surface area contributed by atoms with Crippen LogP contribution >= 0.6 is 0 Å². The summed E-state index contributed by atoms with van der Waals surface area (Å²) in [7, 11) is 0. The molecular weight excluding hydrogens is 332 g/mol. The minimum Gasteiger partial charge on any atom is -0.378 e. The highest BCUT2D eigenvalue weighted by Crippen LogP contribution is 2.27. The van der Waals surface area contributed by atoms with E-state index >= 15 is 0 Å². The lowest BCUT2D eigenvalue weighted by Gasteiger charge is -2.29. The van der Waals surface area contributed by atoms with Gasteiger partial charge in [0.15, 0.2) is 0 Å². The van der Waals surface area contributed by atoms with Crippen LogP contribution in [0.4, 0.5) is 17.2 Å². The second-order valence-corrected chi connectivity index (χ2v) is 6.35. The number of hydrogen-bond acceptors (Lipinski definition) is 5. The number of morpholine rings is 1. The monoisotopic (exact) mass is 352 g/mol. The number of rotatable bonds is 3. The third-order valence-electron chi connectivity index (χ3n) is 4.61. The number of hydrogen-bond donors (Lipinski definition) is 2. The SMILES string of the molecule is O=C1CCc2ccc(NC(=O)c3cccnc3N3CCOCC3)cc2N1. The maximum Gasteiger partial charge on any atom is 0.259 e. The number of carbonyl (C=O) groups is 2. The summed E-state index contributed by atoms with van der Waals surface area (Å²) in [4.78, 5) is 30.9. The van der Waals surface area contributed by atoms with Gasteiger partial charge in [-0.1, -0.05) is 6.07 Å². The maximum absolute atomic E-state index is 12.8. The number of fused-ring (bicyclic) bond motifs is 1. The van der Waals surface area contributed by atoms with Gasteiger partial charge in [-0.15, -0.1) is 0 Å². The molecule has 0 atom stereocenters. The molecule has 0 saturated carbocycles. The topological polar surface area (TPSA) is 83.6 Å². The van der Waals surface area contributed by atoms with Gasteiger partial charge in [0.2, 0.25) is 5.91 Å². The fraction of sp³-hybridized carbons (Fsp3) is 0.316. The third-order valence-corrected chi connectivity index (χ3v) is 4.61. The predicted octanol–water partition coefficient (Wildman–Crippen LogP) is 2.06. The van der Waals surface area contributed by atoms with E-state index < -0.39 is 0 Å². The largest absolute Gasteiger partial charge is 0.378 e. The molecule has 0 bridgehead atoms. The lowest BCUT2D eigenvalue weighted by molar-refractivity contribution is -0.116. The first kappa shape index (κ1) is 16.5. The second kappa shape index (κ2) is 7.13. The van der Waals surface area contributed by atoms with E-state index in [0.29, 0.717) is 49.8 Å². The van der Waals surface area contributed by atoms with E-state index in [0.717, 1.165) is 17.7 Å². The molecule has 134 valence electrons. The summed E-state index contributed by atoms with van der Waals surface area (Å²) in [6, 6.07) is 9.13. The minimum absolute atomic E-state index is 0.00263. The highest BCUT2D eigenvalue weighted by atomic mass is 16.5. The van der Waals surface area contributed by atoms with Crippen molar-refractivity contribution in [3.8, 4) is 0 Å². The summed E-state index contributed by atoms with van der Waals surface area (Å²) < 4.78 is 5.37. The van der Waals surface area contributed by atoms with Gasteiger partial charge in [-0.2, -0.15) is 0 Å². The van der Waals surface area contributed by atoms with Crippen molar-refractivity contribution >= 4 is 29.0 Å². The van der Waals surface area contributed by atoms with E-state index in [1.165, 1.54) is 0 Å². The molecule has 2 aromatic rings. The van der Waals surface area contributed by atoms with Gasteiger partial charge in [0, 0.05) is 37.1 Å². The first-order valence-corrected chi connectivity index (χ1v) is 8.72. The van der Waals surface area contributed by atoms with Crippen molar-refractivity contribution in [3.63, 3.8) is 0 Å². The van der Waals surface area contributed by atoms with Crippen LogP contribution in [0.5, 0.6) is 0 Å². The molecule has 1 fully saturated rings. The smallest absolute Gasteiger partial charge is 0.259 e. The molecule has 3 heterocycles. The molecule has 2 aliphatic heterocycles. The van der Waals surface area contributed by atoms with Gasteiger partial charge < -0.3 is 20.3 Å². The van der Waals surface area contributed by atoms with Crippen molar-refractivity contribution in [1.29, 1.82) is 0 Å². The second-order valence-electron chi connectivity index (χ2n) is 6.35. The van der Waals surface area contributed by atoms with Crippen LogP contribution in [-0.4, -0.2) is 43.1 Å². The highest BCUT2D eigenvalue weighted by Gasteiger charge is 2.21. The van der Waals surface area contributed by atoms with Crippen LogP contribution in [0.25, 0.3) is 0 Å². The van der Waals surface area contributed by atoms with Gasteiger partial charge in [-0.3, -0.25) is 9.59 Å². The van der Waals surface area contributed by atoms with Gasteiger partial charge >= 0.3 is 0 Å². The number of amides is 2. The van der Waals surface area contributed by atoms with Gasteiger partial charge in [0.25, 0.3) is 5.91 Å². The average Bonchev–Trinajstić information content (AvgIpc) is 2.68. The Hall–Kier alpha value is -2.93. The van der Waals surface area contributed by atoms with Gasteiger partial charge in [0.05, 0.1) is 18.8 Å². The fourth-order valence-corrected chi connectivity index (χ4v) is 3.25. The van der Waals surface area contributed by atoms with Crippen LogP contribution in [0.15, 0.2) is 36.5 Å². The number of benzene rings is 1. The molecule has 7 nitrogen and oxygen atoms in total. The molecule has 2 N–H and O–H groups in total. The highest BCUT2D eigenvalue weighted by molar-refractivity contribution is 6.08. The molecule has 1 aromatic carbocycles. The predicted molar refractivity (Wildman–Crippen MR) is 98.6 cm³/mol. The normalized spacial score (nSPS) is 16.6. The van der Waals surface area contributed by atoms with Crippen molar-refractivity contribution in [2.75, 3.05) is 41.8 Å². The molecule has 0 spiro atoms. The van der Waals surface area contributed by atoms with Gasteiger partial charge in [0.1, 0.15) is 5.82 Å². The number of ether oxygens (including phenoxy) is 1. The zero-order valence-electron chi connectivity index (χ0n) is 14.3. The summed E-state index contributed by atoms with van der Waals surface area (Å²) >= 11 is 0. The average molecular weight is 352 g/mol. The Labute approximate surface area is 151 Å². The van der Waals surface area contributed by atoms with E-state index in [4.69, 9.17) is 4.74 Å². The number of carbonyl (C=O) groups excluding carboxylic acids is 2. The van der Waals surface area contributed by atoms with Crippen LogP contribution in [0.2, 0.25) is 0 Å². The number of anilines is 3. The Morgan fingerprint density at radius 2 is 2.04 bits per heavy atom. The Morgan fingerprint density at radius 3 is 2.88 bits per heavy atom. The summed E-state index contributed by atoms with van der Waals surface area (Å²) in [6.07, 6.45) is 2.91. The Bertz CT molecular complexity index is 846. The third kappa shape index (κ3) is 3.39. The standard InChI is InChI=1S/C19H20N4O3/c24-17-6-4-13-3-5-14(12-16(13)22-17)21-19(25)15-2-1-7-20-18(15)23-8-10-26-11-9-23/h1-3,5,7,12H,4,6,8-11H2,(H,21,25)(H,22,24). The van der Waals surface area contributed by atoms with E-state index in [-0.39, 0.29) is 11.8 Å². The molecule has 2 amide bonds. The number of nitrogens with zero attached hydrogens (tertiary/aromatic N) is 2. The van der Waals surface area contributed by atoms with E-state index in [2.05, 4.69) is 20.5 Å². The maximum atomic E-state index is 12.8. The zero-order valence-corrected chi connectivity index (χ0v) is 14.3. The quantitative estimate of drug-likeness (QED) is 0.883. The molecule has 2 aliphatic rings. The molecule has 1 aromatic heterocycles. The van der Waals surface area contributed by atoms with E-state index in [1.807, 2.05) is 12.1 Å². The van der Waals surface area contributed by atoms with Crippen LogP contribution in [0.3, 0.4) is 0 Å². The molecule has 4 rings (SSSR count). The van der Waals surface area contributed by atoms with Crippen LogP contribution in [0, 0.1) is 0 Å². The molecule has 26 heavy (non-hydrogen) atoms. The zero-order chi connectivity index (χ0) is 17.9. The molecule has 0 unspecified atom stereocenters. The minimum atomic E-state index is -0.221. The molecular formula is C19H20N4O3. The first-order valence-electron chi connectivity index (χ1n) is 8.72. The Kier molecular flexibility index (Phi) is 4.53.